The summed E-state index contributed by atoms with van der Waals surface area (Å²) < 4.78 is 11.1. The van der Waals surface area contributed by atoms with E-state index in [1.54, 1.807) is 7.11 Å². The first-order valence-corrected chi connectivity index (χ1v) is 11.4. The number of ether oxygens (including phenoxy) is 2. The van der Waals surface area contributed by atoms with Crippen LogP contribution in [0, 0.1) is 0 Å². The lowest BCUT2D eigenvalue weighted by atomic mass is 9.96. The first-order chi connectivity index (χ1) is 15.7. The number of benzene rings is 2. The van der Waals surface area contributed by atoms with Crippen LogP contribution in [0.5, 0.6) is 11.5 Å². The lowest BCUT2D eigenvalue weighted by Crippen LogP contribution is -2.30. The minimum Gasteiger partial charge on any atom is -0.497 e. The van der Waals surface area contributed by atoms with Crippen molar-refractivity contribution in [3.8, 4) is 22.8 Å². The molecule has 2 aromatic carbocycles. The summed E-state index contributed by atoms with van der Waals surface area (Å²) in [5, 5.41) is 7.57. The Morgan fingerprint density at radius 3 is 2.34 bits per heavy atom. The molecule has 1 atom stereocenters. The molecule has 0 radical (unpaired) electrons. The van der Waals surface area contributed by atoms with E-state index in [1.165, 1.54) is 0 Å². The fraction of sp³-hybridized carbons (Fsp3) is 0.385. The summed E-state index contributed by atoms with van der Waals surface area (Å²) in [5.74, 6) is 1.65. The highest BCUT2D eigenvalue weighted by Gasteiger charge is 2.41. The van der Waals surface area contributed by atoms with Gasteiger partial charge in [-0.05, 0) is 54.8 Å². The van der Waals surface area contributed by atoms with Gasteiger partial charge in [0.2, 0.25) is 0 Å². The number of aromatic amines is 1. The Morgan fingerprint density at radius 1 is 0.969 bits per heavy atom. The minimum absolute atomic E-state index is 0.0136. The second-order valence-corrected chi connectivity index (χ2v) is 8.12. The maximum atomic E-state index is 13.3. The molecule has 2 heterocycles. The number of nitrogens with zero attached hydrogens (tertiary/aromatic N) is 2. The maximum absolute atomic E-state index is 13.3. The second-order valence-electron chi connectivity index (χ2n) is 8.12. The molecule has 1 aliphatic heterocycles. The molecular formula is C26H31N3O3. The van der Waals surface area contributed by atoms with Gasteiger partial charge >= 0.3 is 0 Å². The Bertz CT molecular complexity index is 1040. The number of amides is 1. The number of nitrogens with one attached hydrogen (secondary N) is 1. The zero-order chi connectivity index (χ0) is 22.5. The average Bonchev–Trinajstić information content (AvgIpc) is 3.37. The molecule has 168 valence electrons. The average molecular weight is 434 g/mol. The van der Waals surface area contributed by atoms with Crippen LogP contribution in [0.3, 0.4) is 0 Å². The van der Waals surface area contributed by atoms with Crippen molar-refractivity contribution in [3.05, 3.63) is 65.4 Å². The third-order valence-corrected chi connectivity index (χ3v) is 5.90. The highest BCUT2D eigenvalue weighted by Crippen LogP contribution is 2.43. The number of carbonyl (C=O) groups is 1. The largest absolute Gasteiger partial charge is 0.497 e. The predicted octanol–water partition coefficient (Wildman–Crippen LogP) is 5.61. The van der Waals surface area contributed by atoms with Gasteiger partial charge in [0.15, 0.2) is 0 Å². The van der Waals surface area contributed by atoms with Gasteiger partial charge in [0.25, 0.3) is 5.91 Å². The smallest absolute Gasteiger partial charge is 0.273 e. The predicted molar refractivity (Wildman–Crippen MR) is 125 cm³/mol. The van der Waals surface area contributed by atoms with E-state index in [-0.39, 0.29) is 11.9 Å². The van der Waals surface area contributed by atoms with Gasteiger partial charge in [-0.25, -0.2) is 0 Å². The number of hydrogen-bond acceptors (Lipinski definition) is 4. The number of hydrogen-bond donors (Lipinski definition) is 1. The van der Waals surface area contributed by atoms with E-state index < -0.39 is 0 Å². The Kier molecular flexibility index (Phi) is 6.78. The molecule has 1 aromatic heterocycles. The molecule has 0 saturated heterocycles. The van der Waals surface area contributed by atoms with Crippen molar-refractivity contribution in [2.75, 3.05) is 20.3 Å². The van der Waals surface area contributed by atoms with Crippen molar-refractivity contribution in [2.24, 2.45) is 0 Å². The van der Waals surface area contributed by atoms with E-state index in [0.29, 0.717) is 12.3 Å². The first-order valence-electron chi connectivity index (χ1n) is 11.4. The summed E-state index contributed by atoms with van der Waals surface area (Å²) in [5.41, 5.74) is 4.36. The summed E-state index contributed by atoms with van der Waals surface area (Å²) in [4.78, 5) is 15.3. The van der Waals surface area contributed by atoms with Gasteiger partial charge in [0.1, 0.15) is 17.2 Å². The van der Waals surface area contributed by atoms with E-state index in [2.05, 4.69) is 36.2 Å². The third kappa shape index (κ3) is 4.22. The van der Waals surface area contributed by atoms with Crippen molar-refractivity contribution in [3.63, 3.8) is 0 Å². The minimum atomic E-state index is -0.176. The summed E-state index contributed by atoms with van der Waals surface area (Å²) in [6.45, 7) is 5.67. The lowest BCUT2D eigenvalue weighted by Gasteiger charge is -2.26. The maximum Gasteiger partial charge on any atom is 0.273 e. The fourth-order valence-electron chi connectivity index (χ4n) is 4.24. The zero-order valence-electron chi connectivity index (χ0n) is 19.1. The highest BCUT2D eigenvalue weighted by atomic mass is 16.5. The number of aromatic nitrogens is 2. The van der Waals surface area contributed by atoms with Crippen LogP contribution in [0.25, 0.3) is 11.3 Å². The third-order valence-electron chi connectivity index (χ3n) is 5.90. The number of fused-ring (bicyclic) bond motifs is 1. The molecule has 0 bridgehead atoms. The fourth-order valence-corrected chi connectivity index (χ4v) is 4.24. The topological polar surface area (TPSA) is 67.5 Å². The molecule has 4 rings (SSSR count). The quantitative estimate of drug-likeness (QED) is 0.422. The Balaban J connectivity index is 1.73. The molecule has 3 aromatic rings. The SMILES string of the molecule is CCCCCN1C(=O)c2[nH]nc(-c3ccc(OC)cc3)c2C1c1ccc(OCCC)cc1. The summed E-state index contributed by atoms with van der Waals surface area (Å²) in [7, 11) is 1.65. The molecule has 1 aliphatic rings. The first kappa shape index (κ1) is 21.9. The van der Waals surface area contributed by atoms with E-state index in [0.717, 1.165) is 66.1 Å². The van der Waals surface area contributed by atoms with Gasteiger partial charge in [-0.15, -0.1) is 0 Å². The van der Waals surface area contributed by atoms with Crippen molar-refractivity contribution in [1.82, 2.24) is 15.1 Å². The standard InChI is InChI=1S/C26H31N3O3/c1-4-6-7-16-29-25(19-10-14-21(15-11-19)32-17-5-2)22-23(27-28-24(22)26(29)30)18-8-12-20(31-3)13-9-18/h8-15,25H,4-7,16-17H2,1-3H3,(H,27,28). The number of carbonyl (C=O) groups excluding carboxylic acids is 1. The van der Waals surface area contributed by atoms with Crippen LogP contribution in [0.1, 0.15) is 67.2 Å². The molecule has 32 heavy (non-hydrogen) atoms. The van der Waals surface area contributed by atoms with E-state index in [4.69, 9.17) is 9.47 Å². The molecular weight excluding hydrogens is 402 g/mol. The van der Waals surface area contributed by atoms with Crippen LogP contribution >= 0.6 is 0 Å². The van der Waals surface area contributed by atoms with Gasteiger partial charge in [-0.1, -0.05) is 38.8 Å². The van der Waals surface area contributed by atoms with Gasteiger partial charge in [-0.3, -0.25) is 9.89 Å². The number of rotatable bonds is 10. The summed E-state index contributed by atoms with van der Waals surface area (Å²) in [6.07, 6.45) is 4.15. The molecule has 1 N–H and O–H groups in total. The molecule has 1 amide bonds. The number of H-pyrrole nitrogens is 1. The van der Waals surface area contributed by atoms with Crippen LogP contribution in [0.15, 0.2) is 48.5 Å². The van der Waals surface area contributed by atoms with Crippen LogP contribution in [0.2, 0.25) is 0 Å². The van der Waals surface area contributed by atoms with Gasteiger partial charge < -0.3 is 14.4 Å². The molecule has 0 spiro atoms. The lowest BCUT2D eigenvalue weighted by molar-refractivity contribution is 0.0740. The Morgan fingerprint density at radius 2 is 1.69 bits per heavy atom. The summed E-state index contributed by atoms with van der Waals surface area (Å²) >= 11 is 0. The molecule has 6 nitrogen and oxygen atoms in total. The van der Waals surface area contributed by atoms with Crippen molar-refractivity contribution in [1.29, 1.82) is 0 Å². The number of unbranched alkanes of at least 4 members (excludes halogenated alkanes) is 2. The molecule has 1 unspecified atom stereocenters. The van der Waals surface area contributed by atoms with Crippen LogP contribution < -0.4 is 9.47 Å². The van der Waals surface area contributed by atoms with Crippen LogP contribution in [-0.2, 0) is 0 Å². The normalized spacial score (nSPS) is 15.2. The van der Waals surface area contributed by atoms with Gasteiger partial charge in [-0.2, -0.15) is 5.10 Å². The van der Waals surface area contributed by atoms with Gasteiger partial charge in [0.05, 0.1) is 25.5 Å². The molecule has 6 heteroatoms. The Hall–Kier alpha value is -3.28. The molecule has 0 saturated carbocycles. The monoisotopic (exact) mass is 433 g/mol. The van der Waals surface area contributed by atoms with E-state index in [9.17, 15) is 4.79 Å². The Labute approximate surface area is 189 Å². The van der Waals surface area contributed by atoms with Crippen molar-refractivity contribution in [2.45, 2.75) is 45.6 Å². The number of methoxy groups -OCH3 is 1. The van der Waals surface area contributed by atoms with Crippen molar-refractivity contribution < 1.29 is 14.3 Å². The highest BCUT2D eigenvalue weighted by molar-refractivity contribution is 6.00. The van der Waals surface area contributed by atoms with E-state index >= 15 is 0 Å². The molecule has 0 fully saturated rings. The van der Waals surface area contributed by atoms with Gasteiger partial charge in [0, 0.05) is 17.7 Å². The zero-order valence-corrected chi connectivity index (χ0v) is 19.1. The second kappa shape index (κ2) is 9.90. The van der Waals surface area contributed by atoms with Crippen LogP contribution in [0.4, 0.5) is 0 Å². The van der Waals surface area contributed by atoms with Crippen molar-refractivity contribution >= 4 is 5.91 Å². The van der Waals surface area contributed by atoms with Crippen LogP contribution in [-0.4, -0.2) is 41.3 Å². The van der Waals surface area contributed by atoms with E-state index in [1.807, 2.05) is 41.3 Å². The molecule has 0 aliphatic carbocycles. The summed E-state index contributed by atoms with van der Waals surface area (Å²) in [6, 6.07) is 15.7.